The van der Waals surface area contributed by atoms with E-state index in [0.717, 1.165) is 28.0 Å². The fourth-order valence-electron chi connectivity index (χ4n) is 2.58. The van der Waals surface area contributed by atoms with Crippen molar-refractivity contribution in [3.8, 4) is 5.95 Å². The molecule has 2 heterocycles. The van der Waals surface area contributed by atoms with Gasteiger partial charge in [0.2, 0.25) is 5.95 Å². The van der Waals surface area contributed by atoms with E-state index in [9.17, 15) is 9.18 Å². The fourth-order valence-corrected chi connectivity index (χ4v) is 3.48. The number of fused-ring (bicyclic) bond motifs is 1. The average Bonchev–Trinajstić information content (AvgIpc) is 3.19. The second kappa shape index (κ2) is 6.60. The molecule has 0 aliphatic rings. The molecule has 4 rings (SSSR count). The standard InChI is InChI=1S/C18H15FN4OS/c19-13-7-5-12(6-8-13)10-25-11-14-9-17(24)23(22-14)18-20-15-3-1-2-4-16(15)21-18/h1-9,22H,10-11H2,(H,20,21). The summed E-state index contributed by atoms with van der Waals surface area (Å²) < 4.78 is 14.3. The fraction of sp³-hybridized carbons (Fsp3) is 0.111. The minimum atomic E-state index is -0.235. The van der Waals surface area contributed by atoms with Gasteiger partial charge in [0.05, 0.1) is 11.0 Å². The van der Waals surface area contributed by atoms with Crippen LogP contribution in [-0.2, 0) is 11.5 Å². The maximum absolute atomic E-state index is 12.9. The van der Waals surface area contributed by atoms with Gasteiger partial charge in [-0.2, -0.15) is 16.4 Å². The first-order valence-corrected chi connectivity index (χ1v) is 8.93. The van der Waals surface area contributed by atoms with E-state index in [2.05, 4.69) is 15.1 Å². The lowest BCUT2D eigenvalue weighted by Crippen LogP contribution is -2.14. The molecular weight excluding hydrogens is 339 g/mol. The van der Waals surface area contributed by atoms with E-state index in [1.807, 2.05) is 24.3 Å². The molecule has 0 unspecified atom stereocenters. The highest BCUT2D eigenvalue weighted by Gasteiger charge is 2.09. The Kier molecular flexibility index (Phi) is 4.15. The van der Waals surface area contributed by atoms with Gasteiger partial charge in [0, 0.05) is 23.3 Å². The van der Waals surface area contributed by atoms with E-state index >= 15 is 0 Å². The zero-order chi connectivity index (χ0) is 17.2. The molecule has 126 valence electrons. The molecule has 7 heteroatoms. The van der Waals surface area contributed by atoms with Gasteiger partial charge in [-0.25, -0.2) is 9.37 Å². The zero-order valence-electron chi connectivity index (χ0n) is 13.2. The smallest absolute Gasteiger partial charge is 0.274 e. The topological polar surface area (TPSA) is 66.5 Å². The Balaban J connectivity index is 1.48. The Morgan fingerprint density at radius 1 is 1.08 bits per heavy atom. The number of aromatic amines is 2. The van der Waals surface area contributed by atoms with E-state index in [-0.39, 0.29) is 11.4 Å². The predicted octanol–water partition coefficient (Wildman–Crippen LogP) is 3.61. The predicted molar refractivity (Wildman–Crippen MR) is 97.4 cm³/mol. The third-order valence-corrected chi connectivity index (χ3v) is 4.85. The normalized spacial score (nSPS) is 11.2. The molecule has 4 aromatic rings. The molecule has 0 fully saturated rings. The van der Waals surface area contributed by atoms with E-state index in [1.165, 1.54) is 16.8 Å². The van der Waals surface area contributed by atoms with E-state index in [1.54, 1.807) is 30.0 Å². The van der Waals surface area contributed by atoms with Crippen LogP contribution in [0.1, 0.15) is 11.3 Å². The van der Waals surface area contributed by atoms with Crippen molar-refractivity contribution in [1.82, 2.24) is 19.7 Å². The van der Waals surface area contributed by atoms with Crippen LogP contribution in [0.5, 0.6) is 0 Å². The lowest BCUT2D eigenvalue weighted by molar-refractivity contribution is 0.627. The number of H-pyrrole nitrogens is 2. The summed E-state index contributed by atoms with van der Waals surface area (Å²) in [5.41, 5.74) is 3.40. The first kappa shape index (κ1) is 15.7. The number of benzene rings is 2. The maximum Gasteiger partial charge on any atom is 0.274 e. The van der Waals surface area contributed by atoms with Crippen LogP contribution in [0.3, 0.4) is 0 Å². The molecule has 25 heavy (non-hydrogen) atoms. The summed E-state index contributed by atoms with van der Waals surface area (Å²) in [5, 5.41) is 3.08. The summed E-state index contributed by atoms with van der Waals surface area (Å²) in [7, 11) is 0. The molecule has 2 N–H and O–H groups in total. The molecule has 0 spiro atoms. The minimum Gasteiger partial charge on any atom is -0.322 e. The number of nitrogens with zero attached hydrogens (tertiary/aromatic N) is 2. The van der Waals surface area contributed by atoms with Crippen molar-refractivity contribution in [3.05, 3.63) is 82.0 Å². The van der Waals surface area contributed by atoms with Gasteiger partial charge in [0.25, 0.3) is 5.56 Å². The SMILES string of the molecule is O=c1cc(CSCc2ccc(F)cc2)[nH]n1-c1nc2ccccc2[nH]1. The van der Waals surface area contributed by atoms with Gasteiger partial charge in [-0.1, -0.05) is 24.3 Å². The number of para-hydroxylation sites is 2. The number of halogens is 1. The first-order chi connectivity index (χ1) is 12.2. The number of hydrogen-bond acceptors (Lipinski definition) is 3. The Morgan fingerprint density at radius 3 is 2.68 bits per heavy atom. The average molecular weight is 354 g/mol. The summed E-state index contributed by atoms with van der Waals surface area (Å²) in [6.45, 7) is 0. The number of imidazole rings is 1. The highest BCUT2D eigenvalue weighted by Crippen LogP contribution is 2.17. The summed E-state index contributed by atoms with van der Waals surface area (Å²) in [6, 6.07) is 15.6. The zero-order valence-corrected chi connectivity index (χ0v) is 14.0. The highest BCUT2D eigenvalue weighted by molar-refractivity contribution is 7.97. The van der Waals surface area contributed by atoms with Crippen molar-refractivity contribution in [2.75, 3.05) is 0 Å². The molecule has 5 nitrogen and oxygen atoms in total. The third-order valence-electron chi connectivity index (χ3n) is 3.80. The van der Waals surface area contributed by atoms with Crippen LogP contribution in [0.25, 0.3) is 17.0 Å². The monoisotopic (exact) mass is 354 g/mol. The lowest BCUT2D eigenvalue weighted by atomic mass is 10.2. The molecular formula is C18H15FN4OS. The quantitative estimate of drug-likeness (QED) is 0.575. The van der Waals surface area contributed by atoms with Crippen LogP contribution >= 0.6 is 11.8 Å². The highest BCUT2D eigenvalue weighted by atomic mass is 32.2. The van der Waals surface area contributed by atoms with Crippen LogP contribution < -0.4 is 5.56 Å². The lowest BCUT2D eigenvalue weighted by Gasteiger charge is -2.01. The van der Waals surface area contributed by atoms with Gasteiger partial charge >= 0.3 is 0 Å². The van der Waals surface area contributed by atoms with Crippen LogP contribution in [0, 0.1) is 5.82 Å². The van der Waals surface area contributed by atoms with Gasteiger partial charge in [-0.05, 0) is 29.8 Å². The largest absolute Gasteiger partial charge is 0.322 e. The van der Waals surface area contributed by atoms with Crippen molar-refractivity contribution in [2.45, 2.75) is 11.5 Å². The molecule has 2 aromatic carbocycles. The Bertz CT molecular complexity index is 1030. The summed E-state index contributed by atoms with van der Waals surface area (Å²) >= 11 is 1.65. The van der Waals surface area contributed by atoms with Gasteiger partial charge in [0.15, 0.2) is 0 Å². The molecule has 0 radical (unpaired) electrons. The van der Waals surface area contributed by atoms with E-state index in [0.29, 0.717) is 11.7 Å². The second-order valence-corrected chi connectivity index (χ2v) is 6.64. The van der Waals surface area contributed by atoms with Crippen molar-refractivity contribution >= 4 is 22.8 Å². The van der Waals surface area contributed by atoms with Crippen molar-refractivity contribution in [1.29, 1.82) is 0 Å². The van der Waals surface area contributed by atoms with E-state index in [4.69, 9.17) is 0 Å². The molecule has 0 bridgehead atoms. The van der Waals surface area contributed by atoms with Gasteiger partial charge in [-0.3, -0.25) is 9.89 Å². The molecule has 0 saturated heterocycles. The van der Waals surface area contributed by atoms with Gasteiger partial charge < -0.3 is 4.98 Å². The van der Waals surface area contributed by atoms with Crippen LogP contribution in [0.4, 0.5) is 4.39 Å². The number of nitrogens with one attached hydrogen (secondary N) is 2. The molecule has 0 amide bonds. The second-order valence-electron chi connectivity index (χ2n) is 5.65. The van der Waals surface area contributed by atoms with E-state index < -0.39 is 0 Å². The number of thioether (sulfide) groups is 1. The molecule has 0 atom stereocenters. The molecule has 0 aliphatic carbocycles. The molecule has 0 aliphatic heterocycles. The van der Waals surface area contributed by atoms with Crippen molar-refractivity contribution in [2.24, 2.45) is 0 Å². The Morgan fingerprint density at radius 2 is 1.88 bits per heavy atom. The number of hydrogen-bond donors (Lipinski definition) is 2. The third kappa shape index (κ3) is 3.36. The Hall–Kier alpha value is -2.80. The van der Waals surface area contributed by atoms with Crippen LogP contribution in [0.15, 0.2) is 59.4 Å². The summed E-state index contributed by atoms with van der Waals surface area (Å²) in [6.07, 6.45) is 0. The number of aromatic nitrogens is 4. The van der Waals surface area contributed by atoms with Gasteiger partial charge in [-0.15, -0.1) is 0 Å². The number of rotatable bonds is 5. The summed E-state index contributed by atoms with van der Waals surface area (Å²) in [4.78, 5) is 19.8. The van der Waals surface area contributed by atoms with Gasteiger partial charge in [0.1, 0.15) is 5.82 Å². The Labute approximate surface area is 146 Å². The van der Waals surface area contributed by atoms with Crippen LogP contribution in [-0.4, -0.2) is 19.7 Å². The minimum absolute atomic E-state index is 0.156. The molecule has 2 aromatic heterocycles. The summed E-state index contributed by atoms with van der Waals surface area (Å²) in [5.74, 6) is 1.64. The van der Waals surface area contributed by atoms with Crippen molar-refractivity contribution < 1.29 is 4.39 Å². The molecule has 0 saturated carbocycles. The first-order valence-electron chi connectivity index (χ1n) is 7.77. The van der Waals surface area contributed by atoms with Crippen LogP contribution in [0.2, 0.25) is 0 Å². The van der Waals surface area contributed by atoms with Crippen molar-refractivity contribution in [3.63, 3.8) is 0 Å². The maximum atomic E-state index is 12.9.